The van der Waals surface area contributed by atoms with Gasteiger partial charge in [-0.25, -0.2) is 0 Å². The van der Waals surface area contributed by atoms with Crippen LogP contribution in [-0.4, -0.2) is 58.0 Å². The lowest BCUT2D eigenvalue weighted by Gasteiger charge is -2.34. The van der Waals surface area contributed by atoms with E-state index in [2.05, 4.69) is 10.6 Å². The topological polar surface area (TPSA) is 169 Å². The van der Waals surface area contributed by atoms with Crippen LogP contribution in [0, 0.1) is 5.41 Å². The van der Waals surface area contributed by atoms with E-state index in [4.69, 9.17) is 11.1 Å². The number of benzene rings is 3. The number of hydrogen-bond acceptors (Lipinski definition) is 5. The second-order valence-corrected chi connectivity index (χ2v) is 9.31. The number of aliphatic carboxylic acids is 1. The van der Waals surface area contributed by atoms with Gasteiger partial charge in [0.05, 0.1) is 12.5 Å². The van der Waals surface area contributed by atoms with Gasteiger partial charge in [-0.3, -0.25) is 19.8 Å². The summed E-state index contributed by atoms with van der Waals surface area (Å²) in [5, 5.41) is 31.2. The zero-order valence-electron chi connectivity index (χ0n) is 22.1. The van der Waals surface area contributed by atoms with Gasteiger partial charge in [-0.1, -0.05) is 84.9 Å². The molecule has 0 bridgehead atoms. The van der Waals surface area contributed by atoms with Gasteiger partial charge >= 0.3 is 5.97 Å². The molecule has 0 aliphatic heterocycles. The van der Waals surface area contributed by atoms with Gasteiger partial charge in [0.15, 0.2) is 5.96 Å². The first-order chi connectivity index (χ1) is 19.3. The smallest absolute Gasteiger partial charge is 0.322 e. The van der Waals surface area contributed by atoms with Crippen molar-refractivity contribution in [3.63, 3.8) is 0 Å². The van der Waals surface area contributed by atoms with Crippen LogP contribution < -0.4 is 16.4 Å². The van der Waals surface area contributed by atoms with Gasteiger partial charge in [0.1, 0.15) is 12.6 Å². The van der Waals surface area contributed by atoms with Crippen LogP contribution in [0.5, 0.6) is 0 Å². The maximum absolute atomic E-state index is 14.5. The summed E-state index contributed by atoms with van der Waals surface area (Å²) in [6.45, 7) is -0.344. The highest BCUT2D eigenvalue weighted by atomic mass is 16.4. The highest BCUT2D eigenvalue weighted by molar-refractivity contribution is 5.93. The third kappa shape index (κ3) is 8.67. The van der Waals surface area contributed by atoms with Crippen LogP contribution in [0.3, 0.4) is 0 Å². The summed E-state index contributed by atoms with van der Waals surface area (Å²) >= 11 is 0. The van der Waals surface area contributed by atoms with Crippen molar-refractivity contribution >= 4 is 23.7 Å². The van der Waals surface area contributed by atoms with E-state index in [0.717, 1.165) is 16.7 Å². The zero-order chi connectivity index (χ0) is 28.9. The van der Waals surface area contributed by atoms with Crippen molar-refractivity contribution in [3.05, 3.63) is 107 Å². The number of nitrogens with one attached hydrogen (secondary N) is 3. The summed E-state index contributed by atoms with van der Waals surface area (Å²) in [4.78, 5) is 40.7. The number of aliphatic hydroxyl groups excluding tert-OH is 1. The average molecular weight is 546 g/mol. The van der Waals surface area contributed by atoms with Gasteiger partial charge in [-0.15, -0.1) is 0 Å². The Morgan fingerprint density at radius 1 is 0.850 bits per heavy atom. The fourth-order valence-corrected chi connectivity index (χ4v) is 4.45. The molecule has 40 heavy (non-hydrogen) atoms. The quantitative estimate of drug-likeness (QED) is 0.102. The molecule has 3 aromatic carbocycles. The lowest BCUT2D eigenvalue weighted by atomic mass is 9.89. The van der Waals surface area contributed by atoms with Crippen LogP contribution in [-0.2, 0) is 27.5 Å². The first-order valence-corrected chi connectivity index (χ1v) is 13.0. The number of nitrogens with zero attached hydrogens (tertiary/aromatic N) is 1. The van der Waals surface area contributed by atoms with Crippen molar-refractivity contribution in [1.29, 1.82) is 5.41 Å². The molecule has 3 rings (SSSR count). The molecule has 10 heteroatoms. The van der Waals surface area contributed by atoms with E-state index < -0.39 is 30.4 Å². The van der Waals surface area contributed by atoms with Crippen LogP contribution in [0.15, 0.2) is 84.9 Å². The fraction of sp³-hybridized carbons (Fsp3) is 0.267. The third-order valence-corrected chi connectivity index (χ3v) is 6.42. The van der Waals surface area contributed by atoms with Crippen LogP contribution in [0.1, 0.15) is 41.0 Å². The molecule has 0 aliphatic carbocycles. The van der Waals surface area contributed by atoms with Gasteiger partial charge in [-0.2, -0.15) is 0 Å². The molecular formula is C30H35N5O5. The summed E-state index contributed by atoms with van der Waals surface area (Å²) in [5.41, 5.74) is 8.35. The molecule has 0 aromatic heterocycles. The number of aliphatic hydroxyl groups is 1. The van der Waals surface area contributed by atoms with Gasteiger partial charge in [0.25, 0.3) is 0 Å². The number of carbonyl (C=O) groups is 3. The number of amides is 2. The molecule has 0 aliphatic rings. The molecule has 0 saturated heterocycles. The molecule has 7 N–H and O–H groups in total. The lowest BCUT2D eigenvalue weighted by molar-refractivity contribution is -0.143. The number of carboxylic acids is 1. The predicted octanol–water partition coefficient (Wildman–Crippen LogP) is 2.17. The Bertz CT molecular complexity index is 1230. The Balaban J connectivity index is 2.06. The zero-order valence-corrected chi connectivity index (χ0v) is 22.1. The Kier molecular flexibility index (Phi) is 11.2. The molecule has 0 spiro atoms. The number of rotatable bonds is 14. The molecule has 0 heterocycles. The van der Waals surface area contributed by atoms with E-state index >= 15 is 0 Å². The van der Waals surface area contributed by atoms with E-state index in [0.29, 0.717) is 18.5 Å². The van der Waals surface area contributed by atoms with Crippen LogP contribution in [0.25, 0.3) is 0 Å². The molecule has 2 amide bonds. The van der Waals surface area contributed by atoms with Crippen molar-refractivity contribution in [1.82, 2.24) is 15.5 Å². The highest BCUT2D eigenvalue weighted by Crippen LogP contribution is 2.29. The Labute approximate surface area is 233 Å². The molecule has 10 nitrogen and oxygen atoms in total. The summed E-state index contributed by atoms with van der Waals surface area (Å²) < 4.78 is 0. The standard InChI is InChI=1S/C30H35N5O5/c31-30(32)33-17-7-12-25(28(39)34-18-26(37)38)35(19-21-13-15-22(20-36)16-14-21)29(40)27(23-8-3-1-4-9-23)24-10-5-2-6-11-24/h1-6,8-11,13-16,25,27,36H,7,12,17-20H2,(H,34,39)(H,37,38)(H4,31,32,33)/t25-/m1/s1. The predicted molar refractivity (Wildman–Crippen MR) is 151 cm³/mol. The third-order valence-electron chi connectivity index (χ3n) is 6.42. The number of hydrogen-bond donors (Lipinski definition) is 6. The van der Waals surface area contributed by atoms with E-state index in [1.54, 1.807) is 24.3 Å². The first kappa shape index (κ1) is 29.9. The molecule has 0 saturated carbocycles. The van der Waals surface area contributed by atoms with Gasteiger partial charge in [0.2, 0.25) is 11.8 Å². The molecule has 210 valence electrons. The van der Waals surface area contributed by atoms with Crippen molar-refractivity contribution in [3.8, 4) is 0 Å². The summed E-state index contributed by atoms with van der Waals surface area (Å²) in [5.74, 6) is -3.04. The normalized spacial score (nSPS) is 11.4. The monoisotopic (exact) mass is 545 g/mol. The number of carboxylic acid groups (broad SMARTS) is 1. The minimum absolute atomic E-state index is 0.0754. The Morgan fingerprint density at radius 2 is 1.40 bits per heavy atom. The van der Waals surface area contributed by atoms with Crippen molar-refractivity contribution in [2.45, 2.75) is 38.0 Å². The second-order valence-electron chi connectivity index (χ2n) is 9.31. The first-order valence-electron chi connectivity index (χ1n) is 13.0. The summed E-state index contributed by atoms with van der Waals surface area (Å²) in [6, 6.07) is 24.6. The van der Waals surface area contributed by atoms with Crippen LogP contribution in [0.4, 0.5) is 0 Å². The Morgan fingerprint density at radius 3 is 1.90 bits per heavy atom. The average Bonchev–Trinajstić information content (AvgIpc) is 2.96. The Hall–Kier alpha value is -4.70. The molecular weight excluding hydrogens is 510 g/mol. The van der Waals surface area contributed by atoms with Crippen molar-refractivity contribution in [2.75, 3.05) is 13.1 Å². The number of guanidine groups is 1. The highest BCUT2D eigenvalue weighted by Gasteiger charge is 2.35. The fourth-order valence-electron chi connectivity index (χ4n) is 4.45. The van der Waals surface area contributed by atoms with E-state index in [9.17, 15) is 24.6 Å². The largest absolute Gasteiger partial charge is 0.480 e. The van der Waals surface area contributed by atoms with Crippen LogP contribution >= 0.6 is 0 Å². The molecule has 0 unspecified atom stereocenters. The van der Waals surface area contributed by atoms with E-state index in [1.807, 2.05) is 60.7 Å². The van der Waals surface area contributed by atoms with Gasteiger partial charge in [-0.05, 0) is 35.1 Å². The molecule has 0 radical (unpaired) electrons. The van der Waals surface area contributed by atoms with Gasteiger partial charge in [0, 0.05) is 13.1 Å². The summed E-state index contributed by atoms with van der Waals surface area (Å²) in [6.07, 6.45) is 0.585. The molecule has 3 aromatic rings. The maximum atomic E-state index is 14.5. The number of carbonyl (C=O) groups excluding carboxylic acids is 2. The van der Waals surface area contributed by atoms with Crippen LogP contribution in [0.2, 0.25) is 0 Å². The van der Waals surface area contributed by atoms with Crippen molar-refractivity contribution in [2.24, 2.45) is 5.73 Å². The number of nitrogens with two attached hydrogens (primary N) is 1. The van der Waals surface area contributed by atoms with E-state index in [-0.39, 0.29) is 31.4 Å². The van der Waals surface area contributed by atoms with Gasteiger partial charge < -0.3 is 31.5 Å². The molecule has 1 atom stereocenters. The van der Waals surface area contributed by atoms with Crippen molar-refractivity contribution < 1.29 is 24.6 Å². The minimum atomic E-state index is -1.20. The van der Waals surface area contributed by atoms with E-state index in [1.165, 1.54) is 4.90 Å². The second kappa shape index (κ2) is 15.0. The summed E-state index contributed by atoms with van der Waals surface area (Å²) in [7, 11) is 0. The maximum Gasteiger partial charge on any atom is 0.322 e. The molecule has 0 fully saturated rings. The lowest BCUT2D eigenvalue weighted by Crippen LogP contribution is -2.51. The SMILES string of the molecule is N=C(N)NCCC[C@H](C(=O)NCC(=O)O)N(Cc1ccc(CO)cc1)C(=O)C(c1ccccc1)c1ccccc1. The minimum Gasteiger partial charge on any atom is -0.480 e.